The highest BCUT2D eigenvalue weighted by Crippen LogP contribution is 2.18. The van der Waals surface area contributed by atoms with Crippen molar-refractivity contribution in [2.75, 3.05) is 0 Å². The van der Waals surface area contributed by atoms with Crippen molar-refractivity contribution in [1.29, 1.82) is 0 Å². The molecule has 0 bridgehead atoms. The maximum absolute atomic E-state index is 11.4. The van der Waals surface area contributed by atoms with Gasteiger partial charge >= 0.3 is 5.95 Å². The molecule has 0 N–H and O–H groups in total. The van der Waals surface area contributed by atoms with Gasteiger partial charge in [-0.3, -0.25) is 4.79 Å². The smallest absolute Gasteiger partial charge is 0.390 e. The first-order chi connectivity index (χ1) is 6.97. The quantitative estimate of drug-likeness (QED) is 0.614. The van der Waals surface area contributed by atoms with Crippen molar-refractivity contribution in [2.24, 2.45) is 0 Å². The van der Waals surface area contributed by atoms with E-state index in [1.807, 2.05) is 0 Å². The maximum atomic E-state index is 11.4. The monoisotopic (exact) mass is 276 g/mol. The third-order valence-corrected chi connectivity index (χ3v) is 2.46. The Balaban J connectivity index is 3.04. The Morgan fingerprint density at radius 3 is 2.73 bits per heavy atom. The summed E-state index contributed by atoms with van der Waals surface area (Å²) in [7, 11) is 0. The lowest BCUT2D eigenvalue weighted by atomic mass is 10.2. The van der Waals surface area contributed by atoms with E-state index in [9.17, 15) is 14.9 Å². The summed E-state index contributed by atoms with van der Waals surface area (Å²) >= 11 is 3.02. The number of hydrogen-bond donors (Lipinski definition) is 0. The number of carbonyl (C=O) groups excluding carboxylic acids is 1. The number of rotatable bonds is 4. The zero-order chi connectivity index (χ0) is 11.6. The Morgan fingerprint density at radius 2 is 2.33 bits per heavy atom. The van der Waals surface area contributed by atoms with E-state index in [4.69, 9.17) is 0 Å². The van der Waals surface area contributed by atoms with E-state index in [1.54, 1.807) is 13.8 Å². The first-order valence-electron chi connectivity index (χ1n) is 4.26. The highest BCUT2D eigenvalue weighted by Gasteiger charge is 2.26. The van der Waals surface area contributed by atoms with Crippen LogP contribution in [0.4, 0.5) is 5.95 Å². The van der Waals surface area contributed by atoms with Gasteiger partial charge in [-0.05, 0) is 16.8 Å². The van der Waals surface area contributed by atoms with Gasteiger partial charge in [0.1, 0.15) is 6.04 Å². The van der Waals surface area contributed by atoms with E-state index in [2.05, 4.69) is 26.0 Å². The Morgan fingerprint density at radius 1 is 1.73 bits per heavy atom. The van der Waals surface area contributed by atoms with Crippen molar-refractivity contribution in [3.05, 3.63) is 14.8 Å². The molecule has 1 aromatic heterocycles. The number of halogens is 1. The third kappa shape index (κ3) is 2.38. The summed E-state index contributed by atoms with van der Waals surface area (Å²) in [5, 5.41) is 14.0. The molecule has 0 aliphatic heterocycles. The first-order valence-corrected chi connectivity index (χ1v) is 5.05. The molecule has 0 saturated carbocycles. The molecule has 7 nitrogen and oxygen atoms in total. The topological polar surface area (TPSA) is 90.9 Å². The molecular formula is C7H9BrN4O3. The highest BCUT2D eigenvalue weighted by atomic mass is 79.9. The first kappa shape index (κ1) is 11.8. The largest absolute Gasteiger partial charge is 0.492 e. The van der Waals surface area contributed by atoms with Crippen LogP contribution < -0.4 is 0 Å². The van der Waals surface area contributed by atoms with Crippen LogP contribution in [0.25, 0.3) is 0 Å². The summed E-state index contributed by atoms with van der Waals surface area (Å²) in [6.45, 7) is 3.34. The van der Waals surface area contributed by atoms with Crippen LogP contribution in [0.5, 0.6) is 0 Å². The van der Waals surface area contributed by atoms with Crippen LogP contribution in [0.15, 0.2) is 4.73 Å². The molecule has 0 fully saturated rings. The highest BCUT2D eigenvalue weighted by molar-refractivity contribution is 9.10. The lowest BCUT2D eigenvalue weighted by Crippen LogP contribution is -2.17. The Hall–Kier alpha value is -1.31. The summed E-state index contributed by atoms with van der Waals surface area (Å²) in [6.07, 6.45) is 0.348. The minimum atomic E-state index is -0.704. The molecule has 0 saturated heterocycles. The van der Waals surface area contributed by atoms with Gasteiger partial charge in [-0.25, -0.2) is 0 Å². The predicted molar refractivity (Wildman–Crippen MR) is 54.4 cm³/mol. The van der Waals surface area contributed by atoms with Crippen LogP contribution in [0.2, 0.25) is 0 Å². The molecule has 1 unspecified atom stereocenters. The molecule has 0 aliphatic carbocycles. The number of ketones is 1. The van der Waals surface area contributed by atoms with Crippen LogP contribution in [-0.4, -0.2) is 25.5 Å². The van der Waals surface area contributed by atoms with Gasteiger partial charge in [-0.1, -0.05) is 6.92 Å². The van der Waals surface area contributed by atoms with Crippen molar-refractivity contribution in [3.63, 3.8) is 0 Å². The molecule has 0 aromatic carbocycles. The number of Topliss-reactive ketones (excluding diaryl/α,β-unsaturated/α-hetero) is 1. The fraction of sp³-hybridized carbons (Fsp3) is 0.571. The van der Waals surface area contributed by atoms with Gasteiger partial charge in [0, 0.05) is 27.4 Å². The van der Waals surface area contributed by atoms with Crippen molar-refractivity contribution in [2.45, 2.75) is 26.3 Å². The van der Waals surface area contributed by atoms with Gasteiger partial charge in [-0.2, -0.15) is 4.68 Å². The molecule has 0 spiro atoms. The van der Waals surface area contributed by atoms with Gasteiger partial charge in [0.15, 0.2) is 5.78 Å². The fourth-order valence-electron chi connectivity index (χ4n) is 1.05. The van der Waals surface area contributed by atoms with Crippen molar-refractivity contribution in [3.8, 4) is 0 Å². The molecule has 8 heteroatoms. The second kappa shape index (κ2) is 4.47. The number of hydrogen-bond acceptors (Lipinski definition) is 5. The second-order valence-electron chi connectivity index (χ2n) is 2.88. The lowest BCUT2D eigenvalue weighted by molar-refractivity contribution is -0.394. The van der Waals surface area contributed by atoms with Gasteiger partial charge in [-0.15, -0.1) is 0 Å². The summed E-state index contributed by atoms with van der Waals surface area (Å²) in [4.78, 5) is 24.6. The fourth-order valence-corrected chi connectivity index (χ4v) is 1.59. The van der Waals surface area contributed by atoms with E-state index in [-0.39, 0.29) is 10.5 Å². The summed E-state index contributed by atoms with van der Waals surface area (Å²) in [5.41, 5.74) is 0. The van der Waals surface area contributed by atoms with Gasteiger partial charge < -0.3 is 10.1 Å². The van der Waals surface area contributed by atoms with E-state index in [0.29, 0.717) is 6.42 Å². The minimum Gasteiger partial charge on any atom is -0.390 e. The molecule has 15 heavy (non-hydrogen) atoms. The maximum Gasteiger partial charge on any atom is 0.492 e. The van der Waals surface area contributed by atoms with E-state index in [1.165, 1.54) is 4.68 Å². The molecule has 0 amide bonds. The van der Waals surface area contributed by atoms with E-state index < -0.39 is 16.9 Å². The van der Waals surface area contributed by atoms with Crippen LogP contribution >= 0.6 is 15.9 Å². The third-order valence-electron chi connectivity index (χ3n) is 1.92. The summed E-state index contributed by atoms with van der Waals surface area (Å²) < 4.78 is 1.38. The number of nitro groups is 1. The Kier molecular flexibility index (Phi) is 3.51. The Bertz CT molecular complexity index is 403. The number of carbonyl (C=O) groups is 1. The van der Waals surface area contributed by atoms with E-state index >= 15 is 0 Å². The van der Waals surface area contributed by atoms with Gasteiger partial charge in [0.05, 0.1) is 0 Å². The van der Waals surface area contributed by atoms with Crippen molar-refractivity contribution < 1.29 is 9.72 Å². The van der Waals surface area contributed by atoms with Crippen LogP contribution in [-0.2, 0) is 4.79 Å². The molecular weight excluding hydrogens is 268 g/mol. The van der Waals surface area contributed by atoms with Crippen LogP contribution in [0, 0.1) is 10.1 Å². The SMILES string of the molecule is CCC(=O)C(C)n1nc([N+](=O)[O-])nc1Br. The second-order valence-corrected chi connectivity index (χ2v) is 3.59. The zero-order valence-electron chi connectivity index (χ0n) is 8.18. The average molecular weight is 277 g/mol. The average Bonchev–Trinajstić information content (AvgIpc) is 2.58. The Labute approximate surface area is 93.8 Å². The van der Waals surface area contributed by atoms with E-state index in [0.717, 1.165) is 0 Å². The van der Waals surface area contributed by atoms with Crippen molar-refractivity contribution in [1.82, 2.24) is 14.8 Å². The molecule has 0 aliphatic rings. The summed E-state index contributed by atoms with van der Waals surface area (Å²) in [6, 6.07) is -0.550. The molecule has 82 valence electrons. The molecule has 1 atom stereocenters. The standard InChI is InChI=1S/C7H9BrN4O3/c1-3-5(13)4(2)11-6(8)9-7(10-11)12(14)15/h4H,3H2,1-2H3. The molecule has 1 heterocycles. The van der Waals surface area contributed by atoms with Gasteiger partial charge in [0.25, 0.3) is 4.73 Å². The lowest BCUT2D eigenvalue weighted by Gasteiger charge is -2.05. The molecule has 1 rings (SSSR count). The number of nitrogens with zero attached hydrogens (tertiary/aromatic N) is 4. The van der Waals surface area contributed by atoms with Crippen molar-refractivity contribution >= 4 is 27.7 Å². The molecule has 1 aromatic rings. The molecule has 0 radical (unpaired) electrons. The zero-order valence-corrected chi connectivity index (χ0v) is 9.76. The van der Waals surface area contributed by atoms with Crippen LogP contribution in [0.1, 0.15) is 26.3 Å². The predicted octanol–water partition coefficient (Wildman–Crippen LogP) is 1.49. The van der Waals surface area contributed by atoms with Gasteiger partial charge in [0.2, 0.25) is 0 Å². The number of aromatic nitrogens is 3. The summed E-state index contributed by atoms with van der Waals surface area (Å²) in [5.74, 6) is -0.576. The van der Waals surface area contributed by atoms with Crippen LogP contribution in [0.3, 0.4) is 0 Å². The normalized spacial score (nSPS) is 12.5. The minimum absolute atomic E-state index is 0.0597.